The van der Waals surface area contributed by atoms with Gasteiger partial charge in [-0.25, -0.2) is 14.4 Å². The van der Waals surface area contributed by atoms with Crippen LogP contribution in [0.3, 0.4) is 0 Å². The van der Waals surface area contributed by atoms with Gasteiger partial charge in [0.1, 0.15) is 5.82 Å². The van der Waals surface area contributed by atoms with E-state index in [0.717, 1.165) is 30.6 Å². The molecule has 0 atom stereocenters. The van der Waals surface area contributed by atoms with Gasteiger partial charge in [-0.05, 0) is 47.1 Å². The summed E-state index contributed by atoms with van der Waals surface area (Å²) in [5, 5.41) is 3.29. The van der Waals surface area contributed by atoms with Gasteiger partial charge in [0, 0.05) is 30.1 Å². The van der Waals surface area contributed by atoms with Crippen LogP contribution in [0.4, 0.5) is 4.39 Å². The molecule has 3 nitrogen and oxygen atoms in total. The highest BCUT2D eigenvalue weighted by molar-refractivity contribution is 9.10. The van der Waals surface area contributed by atoms with Gasteiger partial charge in [0.2, 0.25) is 0 Å². The average Bonchev–Trinajstić information content (AvgIpc) is 2.43. The molecule has 2 aromatic rings. The molecule has 0 radical (unpaired) electrons. The fourth-order valence-electron chi connectivity index (χ4n) is 1.64. The van der Waals surface area contributed by atoms with Crippen molar-refractivity contribution in [3.63, 3.8) is 0 Å². The lowest BCUT2D eigenvalue weighted by atomic mass is 10.2. The van der Waals surface area contributed by atoms with E-state index < -0.39 is 0 Å². The van der Waals surface area contributed by atoms with Crippen LogP contribution in [0.2, 0.25) is 0 Å². The number of hydrogen-bond donors (Lipinski definition) is 1. The highest BCUT2D eigenvalue weighted by Crippen LogP contribution is 2.22. The van der Waals surface area contributed by atoms with Crippen molar-refractivity contribution < 1.29 is 4.39 Å². The molecular weight excluding hydrogens is 309 g/mol. The average molecular weight is 324 g/mol. The van der Waals surface area contributed by atoms with Gasteiger partial charge in [-0.2, -0.15) is 0 Å². The van der Waals surface area contributed by atoms with E-state index in [2.05, 4.69) is 38.1 Å². The first-order valence-corrected chi connectivity index (χ1v) is 6.97. The van der Waals surface area contributed by atoms with Gasteiger partial charge in [-0.3, -0.25) is 0 Å². The maximum Gasteiger partial charge on any atom is 0.159 e. The normalized spacial score (nSPS) is 10.7. The second-order valence-corrected chi connectivity index (χ2v) is 5.07. The molecule has 1 aromatic carbocycles. The van der Waals surface area contributed by atoms with Crippen LogP contribution in [-0.2, 0) is 6.54 Å². The number of nitrogens with zero attached hydrogens (tertiary/aromatic N) is 2. The second kappa shape index (κ2) is 6.73. The van der Waals surface area contributed by atoms with Crippen LogP contribution >= 0.6 is 15.9 Å². The van der Waals surface area contributed by atoms with Crippen molar-refractivity contribution in [1.82, 2.24) is 15.3 Å². The van der Waals surface area contributed by atoms with Crippen LogP contribution < -0.4 is 5.32 Å². The minimum atomic E-state index is -0.288. The Labute approximate surface area is 120 Å². The Morgan fingerprint density at radius 1 is 1.26 bits per heavy atom. The highest BCUT2D eigenvalue weighted by atomic mass is 79.9. The highest BCUT2D eigenvalue weighted by Gasteiger charge is 2.05. The Hall–Kier alpha value is -1.33. The van der Waals surface area contributed by atoms with E-state index in [1.54, 1.807) is 24.5 Å². The number of hydrogen-bond acceptors (Lipinski definition) is 3. The quantitative estimate of drug-likeness (QED) is 0.855. The van der Waals surface area contributed by atoms with Crippen molar-refractivity contribution in [2.24, 2.45) is 0 Å². The van der Waals surface area contributed by atoms with E-state index in [1.165, 1.54) is 6.07 Å². The van der Waals surface area contributed by atoms with Crippen LogP contribution in [0, 0.1) is 5.82 Å². The van der Waals surface area contributed by atoms with Crippen molar-refractivity contribution in [1.29, 1.82) is 0 Å². The molecular formula is C14H15BrFN3. The van der Waals surface area contributed by atoms with E-state index in [-0.39, 0.29) is 5.82 Å². The maximum atomic E-state index is 13.2. The molecule has 0 aliphatic heterocycles. The van der Waals surface area contributed by atoms with E-state index >= 15 is 0 Å². The molecule has 2 rings (SSSR count). The van der Waals surface area contributed by atoms with Gasteiger partial charge < -0.3 is 5.32 Å². The zero-order chi connectivity index (χ0) is 13.7. The van der Waals surface area contributed by atoms with Crippen molar-refractivity contribution in [3.8, 4) is 11.4 Å². The number of halogens is 2. The van der Waals surface area contributed by atoms with E-state index in [4.69, 9.17) is 0 Å². The van der Waals surface area contributed by atoms with E-state index in [1.807, 2.05) is 0 Å². The van der Waals surface area contributed by atoms with Crippen LogP contribution in [0.15, 0.2) is 35.1 Å². The first-order valence-electron chi connectivity index (χ1n) is 6.17. The van der Waals surface area contributed by atoms with Gasteiger partial charge in [0.05, 0.1) is 4.47 Å². The van der Waals surface area contributed by atoms with Crippen LogP contribution in [-0.4, -0.2) is 16.5 Å². The monoisotopic (exact) mass is 323 g/mol. The third kappa shape index (κ3) is 3.81. The fraction of sp³-hybridized carbons (Fsp3) is 0.286. The van der Waals surface area contributed by atoms with Crippen molar-refractivity contribution in [2.75, 3.05) is 6.54 Å². The Morgan fingerprint density at radius 3 is 2.63 bits per heavy atom. The summed E-state index contributed by atoms with van der Waals surface area (Å²) in [5.74, 6) is 0.309. The summed E-state index contributed by atoms with van der Waals surface area (Å²) in [6, 6.07) is 4.75. The summed E-state index contributed by atoms with van der Waals surface area (Å²) in [5.41, 5.74) is 1.83. The van der Waals surface area contributed by atoms with Gasteiger partial charge >= 0.3 is 0 Å². The third-order valence-corrected chi connectivity index (χ3v) is 3.25. The lowest BCUT2D eigenvalue weighted by molar-refractivity contribution is 0.621. The van der Waals surface area contributed by atoms with Crippen LogP contribution in [0.1, 0.15) is 18.9 Å². The molecule has 0 aliphatic carbocycles. The first-order chi connectivity index (χ1) is 9.20. The molecule has 0 unspecified atom stereocenters. The summed E-state index contributed by atoms with van der Waals surface area (Å²) < 4.78 is 13.6. The molecule has 0 fully saturated rings. The zero-order valence-corrected chi connectivity index (χ0v) is 12.2. The predicted molar refractivity (Wildman–Crippen MR) is 77.1 cm³/mol. The molecule has 0 aliphatic rings. The summed E-state index contributed by atoms with van der Waals surface area (Å²) in [7, 11) is 0. The molecule has 0 bridgehead atoms. The summed E-state index contributed by atoms with van der Waals surface area (Å²) in [4.78, 5) is 8.61. The van der Waals surface area contributed by atoms with Gasteiger partial charge in [0.25, 0.3) is 0 Å². The molecule has 100 valence electrons. The Kier molecular flexibility index (Phi) is 4.99. The van der Waals surface area contributed by atoms with Crippen molar-refractivity contribution >= 4 is 15.9 Å². The molecule has 5 heteroatoms. The largest absolute Gasteiger partial charge is 0.313 e. The minimum Gasteiger partial charge on any atom is -0.313 e. The first kappa shape index (κ1) is 14.1. The van der Waals surface area contributed by atoms with Crippen LogP contribution in [0.5, 0.6) is 0 Å². The molecule has 0 saturated carbocycles. The Bertz CT molecular complexity index is 543. The Morgan fingerprint density at radius 2 is 2.00 bits per heavy atom. The fourth-order valence-corrected chi connectivity index (χ4v) is 2.02. The van der Waals surface area contributed by atoms with Crippen molar-refractivity contribution in [3.05, 3.63) is 46.4 Å². The number of benzene rings is 1. The Balaban J connectivity index is 2.11. The standard InChI is InChI=1S/C14H15BrFN3/c1-2-5-17-7-10-8-18-14(19-9-10)11-3-4-13(16)12(15)6-11/h3-4,6,8-9,17H,2,5,7H2,1H3. The lowest BCUT2D eigenvalue weighted by Gasteiger charge is -2.05. The van der Waals surface area contributed by atoms with Crippen LogP contribution in [0.25, 0.3) is 11.4 Å². The van der Waals surface area contributed by atoms with E-state index in [0.29, 0.717) is 10.3 Å². The maximum absolute atomic E-state index is 13.2. The molecule has 0 saturated heterocycles. The lowest BCUT2D eigenvalue weighted by Crippen LogP contribution is -2.14. The minimum absolute atomic E-state index is 0.288. The molecule has 19 heavy (non-hydrogen) atoms. The summed E-state index contributed by atoms with van der Waals surface area (Å²) in [6.07, 6.45) is 4.69. The smallest absolute Gasteiger partial charge is 0.159 e. The zero-order valence-electron chi connectivity index (χ0n) is 10.7. The van der Waals surface area contributed by atoms with Gasteiger partial charge in [-0.1, -0.05) is 6.92 Å². The molecule has 1 aromatic heterocycles. The molecule has 1 N–H and O–H groups in total. The third-order valence-electron chi connectivity index (χ3n) is 2.64. The predicted octanol–water partition coefficient (Wildman–Crippen LogP) is 3.54. The van der Waals surface area contributed by atoms with Gasteiger partial charge in [0.15, 0.2) is 5.82 Å². The SMILES string of the molecule is CCCNCc1cnc(-c2ccc(F)c(Br)c2)nc1. The van der Waals surface area contributed by atoms with E-state index in [9.17, 15) is 4.39 Å². The molecule has 0 spiro atoms. The number of aromatic nitrogens is 2. The van der Waals surface area contributed by atoms with Gasteiger partial charge in [-0.15, -0.1) is 0 Å². The number of rotatable bonds is 5. The molecule has 1 heterocycles. The topological polar surface area (TPSA) is 37.8 Å². The summed E-state index contributed by atoms with van der Waals surface area (Å²) in [6.45, 7) is 3.87. The number of nitrogens with one attached hydrogen (secondary N) is 1. The molecule has 0 amide bonds. The van der Waals surface area contributed by atoms with Crippen molar-refractivity contribution in [2.45, 2.75) is 19.9 Å². The second-order valence-electron chi connectivity index (χ2n) is 4.22. The summed E-state index contributed by atoms with van der Waals surface area (Å²) >= 11 is 3.16.